The zero-order valence-electron chi connectivity index (χ0n) is 8.22. The number of carboxylic acid groups (broad SMARTS) is 1. The molecule has 0 spiro atoms. The van der Waals surface area contributed by atoms with E-state index in [4.69, 9.17) is 16.6 Å². The van der Waals surface area contributed by atoms with E-state index in [1.807, 2.05) is 0 Å². The molecule has 15 heavy (non-hydrogen) atoms. The van der Waals surface area contributed by atoms with E-state index in [2.05, 4.69) is 16.0 Å². The Balaban J connectivity index is 3.40. The fourth-order valence-electron chi connectivity index (χ4n) is 0.764. The maximum atomic E-state index is 10.7. The van der Waals surface area contributed by atoms with Crippen LogP contribution < -0.4 is 11.5 Å². The number of hydrogen-bond acceptors (Lipinski definition) is 5. The number of carbonyl (C=O) groups excluding carboxylic acids is 1. The van der Waals surface area contributed by atoms with Gasteiger partial charge in [0.15, 0.2) is 0 Å². The number of rotatable bonds is 8. The van der Waals surface area contributed by atoms with Crippen molar-refractivity contribution < 1.29 is 14.7 Å². The fourth-order valence-corrected chi connectivity index (χ4v) is 2.06. The molecule has 0 aliphatic rings. The molecule has 0 aromatic heterocycles. The number of thioether (sulfide) groups is 1. The molecule has 1 radical (unpaired) electrons. The van der Waals surface area contributed by atoms with Crippen LogP contribution in [0.25, 0.3) is 0 Å². The summed E-state index contributed by atoms with van der Waals surface area (Å²) in [7, 11) is 0. The van der Waals surface area contributed by atoms with E-state index >= 15 is 0 Å². The Labute approximate surface area is 101 Å². The molecular formula is C8H15N2O3SSe. The summed E-state index contributed by atoms with van der Waals surface area (Å²) in [5, 5.41) is 8.50. The number of hydrogen-bond donors (Lipinski definition) is 3. The third-order valence-corrected chi connectivity index (χ3v) is 3.45. The van der Waals surface area contributed by atoms with E-state index in [-0.39, 0.29) is 4.68 Å². The van der Waals surface area contributed by atoms with Gasteiger partial charge in [-0.1, -0.05) is 0 Å². The van der Waals surface area contributed by atoms with Crippen molar-refractivity contribution in [2.75, 3.05) is 11.5 Å². The van der Waals surface area contributed by atoms with Gasteiger partial charge in [0.25, 0.3) is 0 Å². The van der Waals surface area contributed by atoms with E-state index in [0.29, 0.717) is 18.6 Å². The Kier molecular flexibility index (Phi) is 8.09. The molecule has 0 heterocycles. The first kappa shape index (κ1) is 14.9. The summed E-state index contributed by atoms with van der Waals surface area (Å²) in [6.07, 6.45) is 1.03. The zero-order chi connectivity index (χ0) is 11.8. The van der Waals surface area contributed by atoms with E-state index < -0.39 is 18.1 Å². The van der Waals surface area contributed by atoms with Gasteiger partial charge in [0, 0.05) is 0 Å². The summed E-state index contributed by atoms with van der Waals surface area (Å²) in [4.78, 5) is 21.1. The van der Waals surface area contributed by atoms with E-state index in [1.54, 1.807) is 11.8 Å². The minimum atomic E-state index is -0.981. The van der Waals surface area contributed by atoms with Crippen LogP contribution in [0.3, 0.4) is 0 Å². The van der Waals surface area contributed by atoms with Gasteiger partial charge in [0.05, 0.1) is 0 Å². The average molecular weight is 298 g/mol. The van der Waals surface area contributed by atoms with Crippen LogP contribution in [0, 0.1) is 0 Å². The average Bonchev–Trinajstić information content (AvgIpc) is 2.16. The van der Waals surface area contributed by atoms with Crippen molar-refractivity contribution in [1.29, 1.82) is 0 Å². The molecule has 0 aliphatic carbocycles. The number of carboxylic acids is 1. The number of aliphatic carboxylic acids is 1. The fraction of sp³-hybridized carbons (Fsp3) is 0.750. The Hall–Kier alpha value is -0.0705. The number of carbonyl (C=O) groups is 2. The molecule has 2 atom stereocenters. The molecule has 5 N–H and O–H groups in total. The van der Waals surface area contributed by atoms with Crippen LogP contribution in [0.15, 0.2) is 0 Å². The maximum absolute atomic E-state index is 10.7. The van der Waals surface area contributed by atoms with E-state index in [1.165, 1.54) is 0 Å². The monoisotopic (exact) mass is 299 g/mol. The molecule has 0 saturated heterocycles. The molecule has 0 rings (SSSR count). The van der Waals surface area contributed by atoms with E-state index in [0.717, 1.165) is 5.75 Å². The van der Waals surface area contributed by atoms with Crippen LogP contribution in [0.5, 0.6) is 0 Å². The molecule has 0 bridgehead atoms. The standard InChI is InChI=1S/C8H15N2O3SSe/c9-5(7(11)12)1-3-14-4-2-6(10)8(13)15/h5-6H,1-4,9-10H2,(H,11,12)/t5-,6-/m0/s1. The van der Waals surface area contributed by atoms with Crippen LogP contribution in [-0.2, 0) is 9.59 Å². The molecule has 0 aromatic rings. The molecular weight excluding hydrogens is 283 g/mol. The van der Waals surface area contributed by atoms with Crippen molar-refractivity contribution in [1.82, 2.24) is 0 Å². The Morgan fingerprint density at radius 3 is 2.07 bits per heavy atom. The molecule has 7 heteroatoms. The quantitative estimate of drug-likeness (QED) is 0.389. The van der Waals surface area contributed by atoms with Gasteiger partial charge in [-0.2, -0.15) is 0 Å². The Bertz CT molecular complexity index is 206. The van der Waals surface area contributed by atoms with Gasteiger partial charge >= 0.3 is 101 Å². The van der Waals surface area contributed by atoms with Gasteiger partial charge in [0.1, 0.15) is 0 Å². The van der Waals surface area contributed by atoms with Crippen LogP contribution in [0.4, 0.5) is 0 Å². The van der Waals surface area contributed by atoms with Crippen molar-refractivity contribution in [3.8, 4) is 0 Å². The zero-order valence-corrected chi connectivity index (χ0v) is 10.7. The second-order valence-corrected chi connectivity index (χ2v) is 5.13. The predicted octanol–water partition coefficient (Wildman–Crippen LogP) is -1.07. The molecule has 0 aliphatic heterocycles. The van der Waals surface area contributed by atoms with Crippen LogP contribution in [0.1, 0.15) is 12.8 Å². The normalized spacial score (nSPS) is 14.5. The molecule has 5 nitrogen and oxygen atoms in total. The van der Waals surface area contributed by atoms with Gasteiger partial charge in [-0.15, -0.1) is 0 Å². The van der Waals surface area contributed by atoms with Gasteiger partial charge < -0.3 is 0 Å². The summed E-state index contributed by atoms with van der Waals surface area (Å²) in [6, 6.07) is -1.25. The van der Waals surface area contributed by atoms with Crippen molar-refractivity contribution >= 4 is 38.4 Å². The minimum absolute atomic E-state index is 0.141. The Morgan fingerprint density at radius 1 is 1.20 bits per heavy atom. The van der Waals surface area contributed by atoms with E-state index in [9.17, 15) is 9.59 Å². The van der Waals surface area contributed by atoms with Crippen LogP contribution in [-0.4, -0.2) is 55.4 Å². The molecule has 0 saturated carbocycles. The SMILES string of the molecule is N[C@@H](CCSCC[C@H](N)C(=O)[Se])C(=O)O. The third-order valence-electron chi connectivity index (χ3n) is 1.77. The van der Waals surface area contributed by atoms with Crippen LogP contribution >= 0.6 is 11.8 Å². The van der Waals surface area contributed by atoms with Gasteiger partial charge in [0.2, 0.25) is 0 Å². The summed E-state index contributed by atoms with van der Waals surface area (Å²) in [5.74, 6) is 0.425. The topological polar surface area (TPSA) is 106 Å². The van der Waals surface area contributed by atoms with Crippen LogP contribution in [0.2, 0.25) is 0 Å². The molecule has 0 unspecified atom stereocenters. The summed E-state index contributed by atoms with van der Waals surface area (Å²) in [5.41, 5.74) is 10.8. The summed E-state index contributed by atoms with van der Waals surface area (Å²) >= 11 is 3.90. The third kappa shape index (κ3) is 7.81. The number of nitrogens with two attached hydrogens (primary N) is 2. The van der Waals surface area contributed by atoms with Crippen molar-refractivity contribution in [3.05, 3.63) is 0 Å². The molecule has 87 valence electrons. The molecule has 0 fully saturated rings. The first-order valence-electron chi connectivity index (χ1n) is 4.47. The summed E-state index contributed by atoms with van der Waals surface area (Å²) < 4.78 is -0.141. The second kappa shape index (κ2) is 8.12. The van der Waals surface area contributed by atoms with Gasteiger partial charge in [-0.25, -0.2) is 0 Å². The predicted molar refractivity (Wildman–Crippen MR) is 60.9 cm³/mol. The van der Waals surface area contributed by atoms with Gasteiger partial charge in [-0.05, 0) is 0 Å². The molecule has 0 amide bonds. The van der Waals surface area contributed by atoms with Crippen molar-refractivity contribution in [2.24, 2.45) is 11.5 Å². The Morgan fingerprint density at radius 2 is 1.67 bits per heavy atom. The van der Waals surface area contributed by atoms with Gasteiger partial charge in [-0.3, -0.25) is 0 Å². The van der Waals surface area contributed by atoms with Crippen molar-refractivity contribution in [2.45, 2.75) is 24.9 Å². The first-order chi connectivity index (χ1) is 6.95. The first-order valence-corrected chi connectivity index (χ1v) is 6.49. The second-order valence-electron chi connectivity index (χ2n) is 3.06. The van der Waals surface area contributed by atoms with Crippen molar-refractivity contribution in [3.63, 3.8) is 0 Å². The molecule has 0 aromatic carbocycles. The summed E-state index contributed by atoms with van der Waals surface area (Å²) in [6.45, 7) is 0.